The number of hydrogen-bond acceptors (Lipinski definition) is 5. The molecule has 3 aliphatic rings. The molecule has 4 rings (SSSR count). The Morgan fingerprint density at radius 1 is 1.50 bits per heavy atom. The Morgan fingerprint density at radius 2 is 2.33 bits per heavy atom. The van der Waals surface area contributed by atoms with Crippen LogP contribution in [0.15, 0.2) is 5.38 Å². The summed E-state index contributed by atoms with van der Waals surface area (Å²) in [5.41, 5.74) is 6.00. The fraction of sp³-hybridized carbons (Fsp3) is 0.667. The van der Waals surface area contributed by atoms with E-state index in [9.17, 15) is 9.90 Å². The molecule has 18 heavy (non-hydrogen) atoms. The van der Waals surface area contributed by atoms with Gasteiger partial charge in [-0.25, -0.2) is 4.98 Å². The molecule has 3 N–H and O–H groups in total. The summed E-state index contributed by atoms with van der Waals surface area (Å²) in [6.45, 7) is 0.777. The number of anilines is 1. The predicted octanol–water partition coefficient (Wildman–Crippen LogP) is 0.567. The van der Waals surface area contributed by atoms with Crippen LogP contribution in [0, 0.1) is 17.8 Å². The zero-order valence-corrected chi connectivity index (χ0v) is 10.6. The van der Waals surface area contributed by atoms with Crippen molar-refractivity contribution in [1.82, 2.24) is 9.88 Å². The van der Waals surface area contributed by atoms with Gasteiger partial charge in [0.2, 0.25) is 0 Å². The first-order chi connectivity index (χ1) is 8.65. The highest BCUT2D eigenvalue weighted by atomic mass is 32.1. The van der Waals surface area contributed by atoms with Crippen molar-refractivity contribution in [3.05, 3.63) is 11.1 Å². The van der Waals surface area contributed by atoms with Gasteiger partial charge in [-0.2, -0.15) is 0 Å². The molecule has 1 saturated heterocycles. The van der Waals surface area contributed by atoms with E-state index in [1.807, 2.05) is 4.90 Å². The van der Waals surface area contributed by atoms with Crippen LogP contribution in [0.25, 0.3) is 0 Å². The van der Waals surface area contributed by atoms with E-state index in [4.69, 9.17) is 5.73 Å². The Hall–Kier alpha value is -1.14. The molecule has 6 heteroatoms. The van der Waals surface area contributed by atoms with Gasteiger partial charge in [0.15, 0.2) is 5.13 Å². The molecule has 3 fully saturated rings. The lowest BCUT2D eigenvalue weighted by atomic mass is 9.88. The van der Waals surface area contributed by atoms with Gasteiger partial charge in [-0.3, -0.25) is 4.79 Å². The Kier molecular flexibility index (Phi) is 2.06. The van der Waals surface area contributed by atoms with Crippen molar-refractivity contribution in [2.45, 2.75) is 25.0 Å². The third kappa shape index (κ3) is 1.25. The molecule has 0 spiro atoms. The van der Waals surface area contributed by atoms with Gasteiger partial charge in [0.25, 0.3) is 5.91 Å². The van der Waals surface area contributed by atoms with Crippen LogP contribution in [0.2, 0.25) is 0 Å². The topological polar surface area (TPSA) is 79.5 Å². The highest BCUT2D eigenvalue weighted by molar-refractivity contribution is 7.13. The lowest BCUT2D eigenvalue weighted by molar-refractivity contribution is 0.0399. The average molecular weight is 265 g/mol. The highest BCUT2D eigenvalue weighted by Gasteiger charge is 2.60. The third-order valence-corrected chi connectivity index (χ3v) is 5.52. The molecule has 2 heterocycles. The SMILES string of the molecule is Nc1nc(C(=O)N2CC3CC4CC3C2C4O)cs1. The van der Waals surface area contributed by atoms with E-state index < -0.39 is 0 Å². The highest BCUT2D eigenvalue weighted by Crippen LogP contribution is 2.55. The van der Waals surface area contributed by atoms with Crippen molar-refractivity contribution >= 4 is 22.4 Å². The molecule has 2 bridgehead atoms. The molecule has 5 unspecified atom stereocenters. The monoisotopic (exact) mass is 265 g/mol. The molecule has 96 valence electrons. The molecule has 1 aliphatic heterocycles. The number of aliphatic hydroxyl groups is 1. The zero-order chi connectivity index (χ0) is 12.4. The lowest BCUT2D eigenvalue weighted by Gasteiger charge is -2.28. The van der Waals surface area contributed by atoms with Crippen molar-refractivity contribution in [2.75, 3.05) is 12.3 Å². The van der Waals surface area contributed by atoms with E-state index in [1.54, 1.807) is 5.38 Å². The molecule has 2 aliphatic carbocycles. The molecular formula is C12H15N3O2S. The van der Waals surface area contributed by atoms with Crippen molar-refractivity contribution in [3.63, 3.8) is 0 Å². The Bertz CT molecular complexity index is 515. The summed E-state index contributed by atoms with van der Waals surface area (Å²) < 4.78 is 0. The van der Waals surface area contributed by atoms with Crippen molar-refractivity contribution in [2.24, 2.45) is 17.8 Å². The summed E-state index contributed by atoms with van der Waals surface area (Å²) in [6.07, 6.45) is 1.82. The van der Waals surface area contributed by atoms with Gasteiger partial charge in [-0.05, 0) is 30.6 Å². The number of nitrogens with two attached hydrogens (primary N) is 1. The Balaban J connectivity index is 1.65. The molecule has 5 atom stereocenters. The molecule has 1 aromatic rings. The second-order valence-corrected chi connectivity index (χ2v) is 6.55. The van der Waals surface area contributed by atoms with Crippen LogP contribution >= 0.6 is 11.3 Å². The standard InChI is InChI=1S/C12H15N3O2S/c13-12-14-8(4-18-12)11(17)15-3-6-1-5-2-7(6)9(15)10(5)16/h4-7,9-10,16H,1-3H2,(H2,13,14). The average Bonchev–Trinajstić information content (AvgIpc) is 3.01. The number of rotatable bonds is 1. The normalized spacial score (nSPS) is 40.7. The maximum atomic E-state index is 12.4. The van der Waals surface area contributed by atoms with E-state index in [2.05, 4.69) is 4.98 Å². The lowest BCUT2D eigenvalue weighted by Crippen LogP contribution is -2.43. The number of likely N-dealkylation sites (tertiary alicyclic amines) is 1. The summed E-state index contributed by atoms with van der Waals surface area (Å²) in [7, 11) is 0. The summed E-state index contributed by atoms with van der Waals surface area (Å²) in [4.78, 5) is 18.3. The van der Waals surface area contributed by atoms with Gasteiger partial charge in [-0.15, -0.1) is 11.3 Å². The first-order valence-electron chi connectivity index (χ1n) is 6.35. The van der Waals surface area contributed by atoms with Crippen LogP contribution in [-0.4, -0.2) is 39.6 Å². The molecule has 1 amide bonds. The quantitative estimate of drug-likeness (QED) is 0.778. The summed E-state index contributed by atoms with van der Waals surface area (Å²) in [5, 5.41) is 12.4. The Morgan fingerprint density at radius 3 is 3.00 bits per heavy atom. The van der Waals surface area contributed by atoms with Gasteiger partial charge >= 0.3 is 0 Å². The number of aromatic nitrogens is 1. The number of nitrogen functional groups attached to an aromatic ring is 1. The molecule has 1 aromatic heterocycles. The van der Waals surface area contributed by atoms with E-state index >= 15 is 0 Å². The summed E-state index contributed by atoms with van der Waals surface area (Å²) in [6, 6.07) is 0.0178. The maximum Gasteiger partial charge on any atom is 0.273 e. The number of amides is 1. The second-order valence-electron chi connectivity index (χ2n) is 5.67. The van der Waals surface area contributed by atoms with E-state index in [0.717, 1.165) is 19.4 Å². The van der Waals surface area contributed by atoms with Gasteiger partial charge in [0.05, 0.1) is 12.1 Å². The first kappa shape index (κ1) is 10.8. The fourth-order valence-electron chi connectivity index (χ4n) is 4.18. The number of thiazole rings is 1. The van der Waals surface area contributed by atoms with Crippen LogP contribution < -0.4 is 5.73 Å². The summed E-state index contributed by atoms with van der Waals surface area (Å²) >= 11 is 1.29. The number of carbonyl (C=O) groups excluding carboxylic acids is 1. The number of aliphatic hydroxyl groups excluding tert-OH is 1. The smallest absolute Gasteiger partial charge is 0.273 e. The van der Waals surface area contributed by atoms with Gasteiger partial charge in [-0.1, -0.05) is 0 Å². The third-order valence-electron chi connectivity index (χ3n) is 4.85. The van der Waals surface area contributed by atoms with Crippen molar-refractivity contribution in [3.8, 4) is 0 Å². The first-order valence-corrected chi connectivity index (χ1v) is 7.23. The van der Waals surface area contributed by atoms with Gasteiger partial charge < -0.3 is 15.7 Å². The molecule has 0 radical (unpaired) electrons. The van der Waals surface area contributed by atoms with Crippen molar-refractivity contribution in [1.29, 1.82) is 0 Å². The van der Waals surface area contributed by atoms with E-state index in [0.29, 0.717) is 28.6 Å². The minimum Gasteiger partial charge on any atom is -0.391 e. The van der Waals surface area contributed by atoms with Crippen LogP contribution in [0.4, 0.5) is 5.13 Å². The summed E-state index contributed by atoms with van der Waals surface area (Å²) in [5.74, 6) is 1.43. The molecule has 5 nitrogen and oxygen atoms in total. The van der Waals surface area contributed by atoms with Gasteiger partial charge in [0.1, 0.15) is 5.69 Å². The van der Waals surface area contributed by atoms with Crippen molar-refractivity contribution < 1.29 is 9.90 Å². The van der Waals surface area contributed by atoms with Crippen LogP contribution in [0.1, 0.15) is 23.3 Å². The van der Waals surface area contributed by atoms with Gasteiger partial charge in [0, 0.05) is 11.9 Å². The predicted molar refractivity (Wildman–Crippen MR) is 67.1 cm³/mol. The molecular weight excluding hydrogens is 250 g/mol. The minimum absolute atomic E-state index is 0.0178. The molecule has 2 saturated carbocycles. The largest absolute Gasteiger partial charge is 0.391 e. The zero-order valence-electron chi connectivity index (χ0n) is 9.82. The minimum atomic E-state index is -0.339. The van der Waals surface area contributed by atoms with E-state index in [-0.39, 0.29) is 18.1 Å². The maximum absolute atomic E-state index is 12.4. The molecule has 0 aromatic carbocycles. The fourth-order valence-corrected chi connectivity index (χ4v) is 4.72. The number of fused-ring (bicyclic) bond motifs is 1. The number of hydrogen-bond donors (Lipinski definition) is 2. The van der Waals surface area contributed by atoms with Crippen LogP contribution in [0.5, 0.6) is 0 Å². The van der Waals surface area contributed by atoms with Crippen LogP contribution in [-0.2, 0) is 0 Å². The Labute approximate surface area is 109 Å². The van der Waals surface area contributed by atoms with Crippen LogP contribution in [0.3, 0.4) is 0 Å². The number of carbonyl (C=O) groups is 1. The number of nitrogens with zero attached hydrogens (tertiary/aromatic N) is 2. The second kappa shape index (κ2) is 3.45. The van der Waals surface area contributed by atoms with E-state index in [1.165, 1.54) is 11.3 Å².